The van der Waals surface area contributed by atoms with Gasteiger partial charge >= 0.3 is 59.1 Å². The molecule has 0 radical (unpaired) electrons. The predicted molar refractivity (Wildman–Crippen MR) is 66.2 cm³/mol. The molecular formula is C9H13N6Na2O4P. The number of aliphatic hydroxyl groups is 1. The number of nitrogens with two attached hydrogens (primary N) is 1. The van der Waals surface area contributed by atoms with E-state index < -0.39 is 19.9 Å². The van der Waals surface area contributed by atoms with E-state index in [0.29, 0.717) is 11.2 Å². The Kier molecular flexibility index (Phi) is 9.84. The fourth-order valence-electron chi connectivity index (χ4n) is 1.70. The Labute approximate surface area is 170 Å². The van der Waals surface area contributed by atoms with Crippen LogP contribution >= 0.6 is 7.60 Å². The second-order valence-corrected chi connectivity index (χ2v) is 5.72. The maximum atomic E-state index is 10.6. The fraction of sp³-hybridized carbons (Fsp3) is 0.444. The van der Waals surface area contributed by atoms with Gasteiger partial charge in [0.1, 0.15) is 11.8 Å². The van der Waals surface area contributed by atoms with Gasteiger partial charge in [0, 0.05) is 18.9 Å². The first-order chi connectivity index (χ1) is 9.40. The van der Waals surface area contributed by atoms with Crippen molar-refractivity contribution in [1.29, 1.82) is 0 Å². The minimum Gasteiger partial charge on any atom is -0.810 e. The van der Waals surface area contributed by atoms with E-state index in [1.165, 1.54) is 12.7 Å². The number of nitrogens with one attached hydrogen (secondary N) is 1. The van der Waals surface area contributed by atoms with E-state index in [-0.39, 0.29) is 78.1 Å². The summed E-state index contributed by atoms with van der Waals surface area (Å²) < 4.78 is 12.2. The Morgan fingerprint density at radius 3 is 2.64 bits per heavy atom. The van der Waals surface area contributed by atoms with Crippen LogP contribution < -0.4 is 80.0 Å². The molecule has 2 aromatic heterocycles. The minimum absolute atomic E-state index is 0. The molecule has 0 bridgehead atoms. The summed E-state index contributed by atoms with van der Waals surface area (Å²) in [7, 11) is -4.67. The summed E-state index contributed by atoms with van der Waals surface area (Å²) in [6, 6.07) is -0.625. The van der Waals surface area contributed by atoms with Crippen molar-refractivity contribution in [2.24, 2.45) is 0 Å². The molecule has 13 heteroatoms. The monoisotopic (exact) mass is 346 g/mol. The first-order valence-corrected chi connectivity index (χ1v) is 7.40. The van der Waals surface area contributed by atoms with Crippen molar-refractivity contribution in [3.8, 4) is 0 Å². The first kappa shape index (κ1) is 22.4. The van der Waals surface area contributed by atoms with Crippen LogP contribution in [0.15, 0.2) is 12.7 Å². The molecule has 2 rings (SSSR count). The van der Waals surface area contributed by atoms with Gasteiger partial charge in [-0.2, -0.15) is 0 Å². The van der Waals surface area contributed by atoms with Gasteiger partial charge in [-0.25, -0.2) is 15.0 Å². The Balaban J connectivity index is 0.00000220. The van der Waals surface area contributed by atoms with Gasteiger partial charge in [-0.3, -0.25) is 0 Å². The van der Waals surface area contributed by atoms with Crippen molar-refractivity contribution in [3.63, 3.8) is 0 Å². The van der Waals surface area contributed by atoms with E-state index in [1.54, 1.807) is 4.57 Å². The van der Waals surface area contributed by atoms with Gasteiger partial charge in [0.25, 0.3) is 0 Å². The number of aromatic nitrogens is 4. The largest absolute Gasteiger partial charge is 1.00 e. The van der Waals surface area contributed by atoms with Crippen molar-refractivity contribution >= 4 is 24.6 Å². The molecule has 0 fully saturated rings. The number of rotatable bonds is 6. The zero-order valence-corrected chi connectivity index (χ0v) is 17.2. The van der Waals surface area contributed by atoms with Crippen LogP contribution in [0.3, 0.4) is 0 Å². The van der Waals surface area contributed by atoms with E-state index in [9.17, 15) is 19.5 Å². The van der Waals surface area contributed by atoms with Gasteiger partial charge in [-0.15, -0.1) is 0 Å². The van der Waals surface area contributed by atoms with Crippen LogP contribution in [0.5, 0.6) is 0 Å². The third-order valence-electron chi connectivity index (χ3n) is 2.64. The number of imidazole rings is 1. The third-order valence-corrected chi connectivity index (χ3v) is 3.21. The van der Waals surface area contributed by atoms with Gasteiger partial charge in [0.05, 0.1) is 12.9 Å². The number of fused-ring (bicyclic) bond motifs is 1. The van der Waals surface area contributed by atoms with Crippen LogP contribution in [0.1, 0.15) is 0 Å². The van der Waals surface area contributed by atoms with Gasteiger partial charge in [0.15, 0.2) is 11.5 Å². The maximum Gasteiger partial charge on any atom is 1.00 e. The smallest absolute Gasteiger partial charge is 0.810 e. The second-order valence-electron chi connectivity index (χ2n) is 4.18. The van der Waals surface area contributed by atoms with Crippen molar-refractivity contribution in [2.75, 3.05) is 18.6 Å². The standard InChI is InChI=1S/C9H15N6O4P.2Na/c10-8-7-9(12-3-11-8)15(4-13-7)1-6(2-16)14-5-20(17,18)19;;/h3-4,6,14,16H,1-2,5H2,(H2,10,11,12)(H2,17,18,19);;/q;2*+1/p-2. The Morgan fingerprint density at radius 1 is 1.36 bits per heavy atom. The molecule has 0 amide bonds. The average molecular weight is 346 g/mol. The van der Waals surface area contributed by atoms with Crippen LogP contribution in [0.25, 0.3) is 11.2 Å². The number of hydrogen-bond donors (Lipinski definition) is 3. The molecule has 0 aromatic carbocycles. The summed E-state index contributed by atoms with van der Waals surface area (Å²) in [5, 5.41) is 11.7. The van der Waals surface area contributed by atoms with Crippen molar-refractivity contribution in [3.05, 3.63) is 12.7 Å². The van der Waals surface area contributed by atoms with Crippen LogP contribution in [0.4, 0.5) is 5.82 Å². The first-order valence-electron chi connectivity index (χ1n) is 5.67. The Hall–Kier alpha value is 0.420. The molecule has 4 N–H and O–H groups in total. The molecule has 22 heavy (non-hydrogen) atoms. The fourth-order valence-corrected chi connectivity index (χ4v) is 2.18. The van der Waals surface area contributed by atoms with Crippen molar-refractivity contribution in [2.45, 2.75) is 12.6 Å². The normalized spacial score (nSPS) is 12.5. The number of aliphatic hydroxyl groups excluding tert-OH is 1. The zero-order chi connectivity index (χ0) is 14.8. The minimum atomic E-state index is -4.67. The van der Waals surface area contributed by atoms with E-state index in [0.717, 1.165) is 0 Å². The molecule has 110 valence electrons. The average Bonchev–Trinajstić information content (AvgIpc) is 2.78. The molecule has 0 aliphatic heterocycles. The summed E-state index contributed by atoms with van der Waals surface area (Å²) in [5.41, 5.74) is 6.52. The van der Waals surface area contributed by atoms with Gasteiger partial charge < -0.3 is 35.1 Å². The second kappa shape index (κ2) is 9.65. The van der Waals surface area contributed by atoms with Gasteiger partial charge in [0.2, 0.25) is 0 Å². The molecule has 0 aliphatic rings. The SMILES string of the molecule is Nc1ncnc2c1ncn2CC(CO)NCP(=O)([O-])[O-].[Na+].[Na+]. The number of nitrogen functional groups attached to an aromatic ring is 1. The Morgan fingerprint density at radius 2 is 2.05 bits per heavy atom. The van der Waals surface area contributed by atoms with E-state index in [1.807, 2.05) is 0 Å². The molecule has 0 aliphatic carbocycles. The predicted octanol–water partition coefficient (Wildman–Crippen LogP) is -8.76. The van der Waals surface area contributed by atoms with Gasteiger partial charge in [-0.1, -0.05) is 7.60 Å². The third kappa shape index (κ3) is 6.14. The molecule has 10 nitrogen and oxygen atoms in total. The molecule has 0 saturated carbocycles. The Bertz CT molecular complexity index is 650. The van der Waals surface area contributed by atoms with E-state index in [4.69, 9.17) is 5.73 Å². The summed E-state index contributed by atoms with van der Waals surface area (Å²) in [4.78, 5) is 33.0. The summed E-state index contributed by atoms with van der Waals surface area (Å²) in [5.74, 6) is 0.228. The molecule has 0 saturated heterocycles. The van der Waals surface area contributed by atoms with Crippen LogP contribution in [0, 0.1) is 0 Å². The number of nitrogens with zero attached hydrogens (tertiary/aromatic N) is 4. The van der Waals surface area contributed by atoms with Crippen LogP contribution in [0.2, 0.25) is 0 Å². The summed E-state index contributed by atoms with van der Waals surface area (Å²) in [6.45, 7) is -0.163. The zero-order valence-electron chi connectivity index (χ0n) is 12.3. The number of anilines is 1. The summed E-state index contributed by atoms with van der Waals surface area (Å²) >= 11 is 0. The van der Waals surface area contributed by atoms with Crippen molar-refractivity contribution < 1.29 is 78.6 Å². The molecule has 0 spiro atoms. The molecule has 1 unspecified atom stereocenters. The van der Waals surface area contributed by atoms with Crippen molar-refractivity contribution in [1.82, 2.24) is 24.8 Å². The van der Waals surface area contributed by atoms with E-state index in [2.05, 4.69) is 20.3 Å². The topological polar surface area (TPSA) is 165 Å². The van der Waals surface area contributed by atoms with Crippen LogP contribution in [-0.4, -0.2) is 43.6 Å². The molecule has 1 atom stereocenters. The molecule has 2 aromatic rings. The van der Waals surface area contributed by atoms with E-state index >= 15 is 0 Å². The van der Waals surface area contributed by atoms with Crippen LogP contribution in [-0.2, 0) is 11.1 Å². The molecular weight excluding hydrogens is 333 g/mol. The quantitative estimate of drug-likeness (QED) is 0.340. The van der Waals surface area contributed by atoms with Gasteiger partial charge in [-0.05, 0) is 0 Å². The number of hydrogen-bond acceptors (Lipinski definition) is 9. The molecule has 2 heterocycles. The maximum absolute atomic E-state index is 10.6. The summed E-state index contributed by atoms with van der Waals surface area (Å²) in [6.07, 6.45) is 2.00.